The van der Waals surface area contributed by atoms with Crippen molar-refractivity contribution in [3.8, 4) is 11.5 Å². The lowest BCUT2D eigenvalue weighted by atomic mass is 10.1. The summed E-state index contributed by atoms with van der Waals surface area (Å²) in [6.07, 6.45) is 0. The first-order chi connectivity index (χ1) is 15.0. The van der Waals surface area contributed by atoms with Crippen molar-refractivity contribution in [3.05, 3.63) is 52.1 Å². The zero-order valence-electron chi connectivity index (χ0n) is 16.7. The molecule has 0 aromatic heterocycles. The summed E-state index contributed by atoms with van der Waals surface area (Å²) in [6.45, 7) is 1.74. The second-order valence-corrected chi connectivity index (χ2v) is 6.92. The van der Waals surface area contributed by atoms with E-state index in [0.717, 1.165) is 0 Å². The number of hydrogen-bond donors (Lipinski definition) is 1. The number of rotatable bonds is 4. The molecular formula is C20H20N4O7. The largest absolute Gasteiger partial charge is 0.465 e. The molecule has 4 rings (SSSR count). The molecule has 11 heteroatoms. The quantitative estimate of drug-likeness (QED) is 0.448. The summed E-state index contributed by atoms with van der Waals surface area (Å²) in [5, 5.41) is 14.3. The molecular weight excluding hydrogens is 408 g/mol. The maximum Gasteiger partial charge on any atom is 0.338 e. The van der Waals surface area contributed by atoms with Gasteiger partial charge in [0.05, 0.1) is 17.6 Å². The molecule has 11 nitrogen and oxygen atoms in total. The van der Waals surface area contributed by atoms with Crippen LogP contribution in [0, 0.1) is 10.1 Å². The van der Waals surface area contributed by atoms with Gasteiger partial charge in [0.25, 0.3) is 5.69 Å². The number of amides is 2. The van der Waals surface area contributed by atoms with Gasteiger partial charge in [-0.2, -0.15) is 0 Å². The molecule has 1 saturated heterocycles. The van der Waals surface area contributed by atoms with Crippen LogP contribution in [0.3, 0.4) is 0 Å². The Morgan fingerprint density at radius 1 is 1.06 bits per heavy atom. The Balaban J connectivity index is 1.41. The number of urea groups is 1. The second kappa shape index (κ2) is 8.38. The van der Waals surface area contributed by atoms with E-state index < -0.39 is 10.9 Å². The predicted octanol–water partition coefficient (Wildman–Crippen LogP) is 2.46. The lowest BCUT2D eigenvalue weighted by Crippen LogP contribution is -2.50. The van der Waals surface area contributed by atoms with E-state index in [1.54, 1.807) is 23.1 Å². The van der Waals surface area contributed by atoms with E-state index in [0.29, 0.717) is 49.1 Å². The van der Waals surface area contributed by atoms with Gasteiger partial charge in [-0.15, -0.1) is 0 Å². The Morgan fingerprint density at radius 3 is 2.52 bits per heavy atom. The highest BCUT2D eigenvalue weighted by molar-refractivity contribution is 5.92. The third-order valence-electron chi connectivity index (χ3n) is 5.12. The molecule has 0 bridgehead atoms. The van der Waals surface area contributed by atoms with Gasteiger partial charge in [-0.25, -0.2) is 9.59 Å². The molecule has 31 heavy (non-hydrogen) atoms. The normalized spacial score (nSPS) is 14.9. The molecule has 0 saturated carbocycles. The first-order valence-electron chi connectivity index (χ1n) is 9.53. The van der Waals surface area contributed by atoms with E-state index in [9.17, 15) is 19.7 Å². The molecule has 1 N–H and O–H groups in total. The molecule has 0 spiro atoms. The zero-order valence-corrected chi connectivity index (χ0v) is 16.7. The topological polar surface area (TPSA) is 123 Å². The van der Waals surface area contributed by atoms with Crippen LogP contribution in [0.15, 0.2) is 36.4 Å². The van der Waals surface area contributed by atoms with Gasteiger partial charge >= 0.3 is 12.0 Å². The van der Waals surface area contributed by atoms with Crippen molar-refractivity contribution < 1.29 is 28.7 Å². The van der Waals surface area contributed by atoms with Crippen molar-refractivity contribution in [2.45, 2.75) is 0 Å². The summed E-state index contributed by atoms with van der Waals surface area (Å²) in [6, 6.07) is 9.12. The Morgan fingerprint density at radius 2 is 1.81 bits per heavy atom. The first kappa shape index (κ1) is 20.3. The van der Waals surface area contributed by atoms with Crippen LogP contribution >= 0.6 is 0 Å². The first-order valence-corrected chi connectivity index (χ1v) is 9.53. The summed E-state index contributed by atoms with van der Waals surface area (Å²) >= 11 is 0. The number of esters is 1. The fraction of sp³-hybridized carbons (Fsp3) is 0.300. The van der Waals surface area contributed by atoms with Crippen LogP contribution < -0.4 is 19.7 Å². The van der Waals surface area contributed by atoms with E-state index in [-0.39, 0.29) is 24.1 Å². The van der Waals surface area contributed by atoms with E-state index in [1.165, 1.54) is 25.3 Å². The van der Waals surface area contributed by atoms with Crippen LogP contribution in [0.5, 0.6) is 11.5 Å². The summed E-state index contributed by atoms with van der Waals surface area (Å²) in [7, 11) is 1.22. The standard InChI is InChI=1S/C20H20N4O7/c1-29-19(25)13-2-4-15(16(10-13)24(27)28)22-6-8-23(9-7-22)20(26)21-14-3-5-17-18(11-14)31-12-30-17/h2-5,10-11H,6-9,12H2,1H3,(H,21,26). The van der Waals surface area contributed by atoms with Gasteiger partial charge in [-0.1, -0.05) is 0 Å². The number of hydrogen-bond acceptors (Lipinski definition) is 8. The number of ether oxygens (including phenoxy) is 3. The van der Waals surface area contributed by atoms with Crippen LogP contribution in [0.1, 0.15) is 10.4 Å². The fourth-order valence-electron chi connectivity index (χ4n) is 3.51. The molecule has 1 fully saturated rings. The highest BCUT2D eigenvalue weighted by Crippen LogP contribution is 2.34. The summed E-state index contributed by atoms with van der Waals surface area (Å²) in [4.78, 5) is 38.7. The number of anilines is 2. The Hall–Kier alpha value is -4.02. The molecule has 162 valence electrons. The zero-order chi connectivity index (χ0) is 22.0. The SMILES string of the molecule is COC(=O)c1ccc(N2CCN(C(=O)Nc3ccc4c(c3)OCO4)CC2)c([N+](=O)[O-])c1. The number of piperazine rings is 1. The van der Waals surface area contributed by atoms with Gasteiger partial charge in [0.2, 0.25) is 6.79 Å². The molecule has 0 atom stereocenters. The number of nitro groups is 1. The van der Waals surface area contributed by atoms with E-state index in [1.807, 2.05) is 4.90 Å². The number of nitrogens with zero attached hydrogens (tertiary/aromatic N) is 3. The lowest BCUT2D eigenvalue weighted by Gasteiger charge is -2.35. The van der Waals surface area contributed by atoms with Gasteiger partial charge in [0.1, 0.15) is 5.69 Å². The van der Waals surface area contributed by atoms with E-state index in [4.69, 9.17) is 9.47 Å². The fourth-order valence-corrected chi connectivity index (χ4v) is 3.51. The van der Waals surface area contributed by atoms with Gasteiger partial charge < -0.3 is 29.3 Å². The number of carbonyl (C=O) groups excluding carboxylic acids is 2. The maximum absolute atomic E-state index is 12.6. The number of carbonyl (C=O) groups is 2. The minimum atomic E-state index is -0.639. The molecule has 2 amide bonds. The summed E-state index contributed by atoms with van der Waals surface area (Å²) < 4.78 is 15.2. The molecule has 2 aromatic rings. The lowest BCUT2D eigenvalue weighted by molar-refractivity contribution is -0.384. The average Bonchev–Trinajstić information content (AvgIpc) is 3.26. The van der Waals surface area contributed by atoms with Crippen molar-refractivity contribution in [2.75, 3.05) is 50.3 Å². The molecule has 0 radical (unpaired) electrons. The molecule has 2 aliphatic rings. The number of methoxy groups -OCH3 is 1. The van der Waals surface area contributed by atoms with Gasteiger partial charge in [0.15, 0.2) is 11.5 Å². The van der Waals surface area contributed by atoms with Crippen LogP contribution in [0.25, 0.3) is 0 Å². The Labute approximate surface area is 177 Å². The third-order valence-corrected chi connectivity index (χ3v) is 5.12. The predicted molar refractivity (Wildman–Crippen MR) is 110 cm³/mol. The molecule has 0 unspecified atom stereocenters. The van der Waals surface area contributed by atoms with Crippen LogP contribution in [0.4, 0.5) is 21.9 Å². The van der Waals surface area contributed by atoms with E-state index >= 15 is 0 Å². The molecule has 2 aromatic carbocycles. The Bertz CT molecular complexity index is 1030. The van der Waals surface area contributed by atoms with Crippen molar-refractivity contribution in [2.24, 2.45) is 0 Å². The van der Waals surface area contributed by atoms with Crippen LogP contribution in [0.2, 0.25) is 0 Å². The van der Waals surface area contributed by atoms with Crippen LogP contribution in [-0.4, -0.2) is 61.9 Å². The maximum atomic E-state index is 12.6. The summed E-state index contributed by atoms with van der Waals surface area (Å²) in [5.41, 5.74) is 0.917. The number of fused-ring (bicyclic) bond motifs is 1. The number of nitro benzene ring substituents is 1. The Kier molecular flexibility index (Phi) is 5.48. The monoisotopic (exact) mass is 428 g/mol. The smallest absolute Gasteiger partial charge is 0.338 e. The average molecular weight is 428 g/mol. The molecule has 2 heterocycles. The van der Waals surface area contributed by atoms with Crippen molar-refractivity contribution >= 4 is 29.1 Å². The van der Waals surface area contributed by atoms with Gasteiger partial charge in [-0.3, -0.25) is 10.1 Å². The summed E-state index contributed by atoms with van der Waals surface area (Å²) in [5.74, 6) is 0.566. The van der Waals surface area contributed by atoms with Crippen molar-refractivity contribution in [3.63, 3.8) is 0 Å². The minimum Gasteiger partial charge on any atom is -0.465 e. The number of benzene rings is 2. The van der Waals surface area contributed by atoms with Gasteiger partial charge in [-0.05, 0) is 24.3 Å². The van der Waals surface area contributed by atoms with Crippen LogP contribution in [-0.2, 0) is 4.74 Å². The third kappa shape index (κ3) is 4.15. The molecule has 2 aliphatic heterocycles. The number of nitrogens with one attached hydrogen (secondary N) is 1. The highest BCUT2D eigenvalue weighted by Gasteiger charge is 2.27. The molecule has 0 aliphatic carbocycles. The van der Waals surface area contributed by atoms with E-state index in [2.05, 4.69) is 10.1 Å². The van der Waals surface area contributed by atoms with Gasteiger partial charge in [0, 0.05) is 44.0 Å². The second-order valence-electron chi connectivity index (χ2n) is 6.92. The van der Waals surface area contributed by atoms with Crippen molar-refractivity contribution in [1.82, 2.24) is 4.90 Å². The van der Waals surface area contributed by atoms with Crippen molar-refractivity contribution in [1.29, 1.82) is 0 Å². The highest BCUT2D eigenvalue weighted by atomic mass is 16.7. The minimum absolute atomic E-state index is 0.111.